The summed E-state index contributed by atoms with van der Waals surface area (Å²) in [6, 6.07) is -0.618. The van der Waals surface area contributed by atoms with Gasteiger partial charge in [-0.3, -0.25) is 4.79 Å². The number of hydrogen-bond acceptors (Lipinski definition) is 3. The third-order valence-corrected chi connectivity index (χ3v) is 12.1. The molecule has 2 atom stereocenters. The molecule has 0 fully saturated rings. The van der Waals surface area contributed by atoms with Crippen LogP contribution >= 0.6 is 0 Å². The highest BCUT2D eigenvalue weighted by atomic mass is 16.3. The molecule has 2 unspecified atom stereocenters. The number of aliphatic hydroxyl groups is 2. The Bertz CT molecular complexity index is 882. The van der Waals surface area contributed by atoms with Gasteiger partial charge in [0.15, 0.2) is 0 Å². The Kier molecular flexibility index (Phi) is 48.8. The lowest BCUT2D eigenvalue weighted by atomic mass is 10.0. The summed E-state index contributed by atoms with van der Waals surface area (Å²) in [6.45, 7) is 4.29. The highest BCUT2D eigenvalue weighted by molar-refractivity contribution is 5.76. The number of hydrogen-bond donors (Lipinski definition) is 3. The molecule has 4 nitrogen and oxygen atoms in total. The van der Waals surface area contributed by atoms with Crippen LogP contribution in [0.25, 0.3) is 0 Å². The second kappa shape index (κ2) is 50.0. The summed E-state index contributed by atoms with van der Waals surface area (Å²) in [5.74, 6) is -0.0641. The van der Waals surface area contributed by atoms with E-state index in [9.17, 15) is 15.0 Å². The van der Waals surface area contributed by atoms with Crippen LogP contribution in [-0.2, 0) is 4.79 Å². The smallest absolute Gasteiger partial charge is 0.220 e. The number of amides is 1. The molecular weight excluding hydrogens is 711 g/mol. The van der Waals surface area contributed by atoms with Gasteiger partial charge in [0.05, 0.1) is 18.8 Å². The summed E-state index contributed by atoms with van der Waals surface area (Å²) < 4.78 is 0. The van der Waals surface area contributed by atoms with Gasteiger partial charge in [-0.1, -0.05) is 262 Å². The van der Waals surface area contributed by atoms with Crippen molar-refractivity contribution in [1.29, 1.82) is 0 Å². The SMILES string of the molecule is CCCCCCCCC/C=C/C(O)C(CO)NC(=O)CCCCCCCCCCCCCCCCCCC/C=C\C/C=C\CCCCCCCCCCCCCCC. The minimum Gasteiger partial charge on any atom is -0.394 e. The molecule has 0 heterocycles. The summed E-state index contributed by atoms with van der Waals surface area (Å²) in [5.41, 5.74) is 0. The van der Waals surface area contributed by atoms with Crippen molar-refractivity contribution in [3.8, 4) is 0 Å². The van der Waals surface area contributed by atoms with Crippen LogP contribution in [0.4, 0.5) is 0 Å². The molecule has 4 heteroatoms. The number of aliphatic hydroxyl groups excluding tert-OH is 2. The van der Waals surface area contributed by atoms with E-state index >= 15 is 0 Å². The molecule has 0 aromatic carbocycles. The molecule has 0 rings (SSSR count). The Hall–Kier alpha value is -1.39. The first kappa shape index (κ1) is 56.6. The normalized spacial score (nSPS) is 13.1. The van der Waals surface area contributed by atoms with Crippen molar-refractivity contribution in [3.63, 3.8) is 0 Å². The highest BCUT2D eigenvalue weighted by Crippen LogP contribution is 2.16. The molecule has 0 aliphatic rings. The van der Waals surface area contributed by atoms with Gasteiger partial charge >= 0.3 is 0 Å². The number of allylic oxidation sites excluding steroid dienone is 5. The number of rotatable bonds is 48. The predicted molar refractivity (Wildman–Crippen MR) is 258 cm³/mol. The first-order valence-electron chi connectivity index (χ1n) is 26.2. The van der Waals surface area contributed by atoms with E-state index in [2.05, 4.69) is 43.5 Å². The maximum atomic E-state index is 12.4. The molecule has 1 amide bonds. The lowest BCUT2D eigenvalue weighted by Gasteiger charge is -2.20. The van der Waals surface area contributed by atoms with Crippen LogP contribution in [-0.4, -0.2) is 34.9 Å². The van der Waals surface area contributed by atoms with Crippen LogP contribution in [0.1, 0.15) is 284 Å². The topological polar surface area (TPSA) is 69.6 Å². The van der Waals surface area contributed by atoms with Crippen LogP contribution < -0.4 is 5.32 Å². The van der Waals surface area contributed by atoms with E-state index in [-0.39, 0.29) is 12.5 Å². The molecule has 342 valence electrons. The van der Waals surface area contributed by atoms with Crippen molar-refractivity contribution in [2.45, 2.75) is 296 Å². The predicted octanol–water partition coefficient (Wildman–Crippen LogP) is 16.9. The van der Waals surface area contributed by atoms with E-state index < -0.39 is 12.1 Å². The first-order chi connectivity index (χ1) is 28.7. The molecule has 0 aromatic rings. The van der Waals surface area contributed by atoms with E-state index in [0.29, 0.717) is 6.42 Å². The molecule has 0 spiro atoms. The van der Waals surface area contributed by atoms with E-state index in [1.165, 1.54) is 231 Å². The zero-order valence-corrected chi connectivity index (χ0v) is 39.3. The van der Waals surface area contributed by atoms with E-state index in [0.717, 1.165) is 32.1 Å². The monoisotopic (exact) mass is 814 g/mol. The quantitative estimate of drug-likeness (QED) is 0.0423. The lowest BCUT2D eigenvalue weighted by Crippen LogP contribution is -2.45. The van der Waals surface area contributed by atoms with Crippen molar-refractivity contribution in [3.05, 3.63) is 36.5 Å². The molecular formula is C54H103NO3. The number of carbonyl (C=O) groups excluding carboxylic acids is 1. The fraction of sp³-hybridized carbons (Fsp3) is 0.870. The van der Waals surface area contributed by atoms with Crippen LogP contribution in [0.2, 0.25) is 0 Å². The number of unbranched alkanes of at least 4 members (excludes halogenated alkanes) is 37. The van der Waals surface area contributed by atoms with Gasteiger partial charge in [0.1, 0.15) is 0 Å². The van der Waals surface area contributed by atoms with Gasteiger partial charge in [-0.15, -0.1) is 0 Å². The average molecular weight is 814 g/mol. The molecule has 0 aliphatic carbocycles. The maximum absolute atomic E-state index is 12.4. The van der Waals surface area contributed by atoms with Gasteiger partial charge in [0, 0.05) is 6.42 Å². The molecule has 0 aliphatic heterocycles. The third kappa shape index (κ3) is 45.7. The second-order valence-electron chi connectivity index (χ2n) is 17.9. The van der Waals surface area contributed by atoms with E-state index in [4.69, 9.17) is 0 Å². The molecule has 0 saturated carbocycles. The second-order valence-corrected chi connectivity index (χ2v) is 17.9. The molecule has 0 aromatic heterocycles. The van der Waals surface area contributed by atoms with Gasteiger partial charge in [0.2, 0.25) is 5.91 Å². The van der Waals surface area contributed by atoms with E-state index in [1.54, 1.807) is 6.08 Å². The Balaban J connectivity index is 3.39. The van der Waals surface area contributed by atoms with Gasteiger partial charge in [-0.2, -0.15) is 0 Å². The fourth-order valence-electron chi connectivity index (χ4n) is 8.09. The Labute approximate surface area is 363 Å². The largest absolute Gasteiger partial charge is 0.394 e. The number of nitrogens with one attached hydrogen (secondary N) is 1. The summed E-state index contributed by atoms with van der Waals surface area (Å²) in [7, 11) is 0. The van der Waals surface area contributed by atoms with Crippen molar-refractivity contribution >= 4 is 5.91 Å². The average Bonchev–Trinajstić information content (AvgIpc) is 3.23. The van der Waals surface area contributed by atoms with Crippen LogP contribution in [0.3, 0.4) is 0 Å². The van der Waals surface area contributed by atoms with Gasteiger partial charge in [0.25, 0.3) is 0 Å². The third-order valence-electron chi connectivity index (χ3n) is 12.1. The summed E-state index contributed by atoms with van der Waals surface area (Å²) in [4.78, 5) is 12.4. The van der Waals surface area contributed by atoms with E-state index in [1.807, 2.05) is 6.08 Å². The summed E-state index contributed by atoms with van der Waals surface area (Å²) in [6.07, 6.45) is 67.4. The summed E-state index contributed by atoms with van der Waals surface area (Å²) >= 11 is 0. The molecule has 0 radical (unpaired) electrons. The zero-order valence-electron chi connectivity index (χ0n) is 39.3. The van der Waals surface area contributed by atoms with Gasteiger partial charge < -0.3 is 15.5 Å². The first-order valence-corrected chi connectivity index (χ1v) is 26.2. The van der Waals surface area contributed by atoms with Gasteiger partial charge in [-0.25, -0.2) is 0 Å². The van der Waals surface area contributed by atoms with Crippen molar-refractivity contribution < 1.29 is 15.0 Å². The zero-order chi connectivity index (χ0) is 42.1. The summed E-state index contributed by atoms with van der Waals surface area (Å²) in [5, 5.41) is 22.9. The van der Waals surface area contributed by atoms with Crippen LogP contribution in [0.15, 0.2) is 36.5 Å². The molecule has 0 bridgehead atoms. The Morgan fingerprint density at radius 2 is 0.707 bits per heavy atom. The van der Waals surface area contributed by atoms with Gasteiger partial charge in [-0.05, 0) is 51.4 Å². The molecule has 3 N–H and O–H groups in total. The Morgan fingerprint density at radius 1 is 0.414 bits per heavy atom. The van der Waals surface area contributed by atoms with Crippen molar-refractivity contribution in [1.82, 2.24) is 5.32 Å². The standard InChI is InChI=1S/C54H103NO3/c1-3-5-7-9-11-13-14-15-16-17-18-19-20-21-22-23-24-25-26-27-28-29-30-31-32-33-34-35-36-37-38-39-40-42-44-46-48-50-54(58)55-52(51-56)53(57)49-47-45-43-41-12-10-8-6-4-2/h22-23,25-26,47,49,52-53,56-57H,3-21,24,27-46,48,50-51H2,1-2H3,(H,55,58)/b23-22-,26-25-,49-47+. The van der Waals surface area contributed by atoms with Crippen molar-refractivity contribution in [2.75, 3.05) is 6.61 Å². The minimum atomic E-state index is -0.835. The lowest BCUT2D eigenvalue weighted by molar-refractivity contribution is -0.123. The Morgan fingerprint density at radius 3 is 1.03 bits per heavy atom. The highest BCUT2D eigenvalue weighted by Gasteiger charge is 2.18. The molecule has 58 heavy (non-hydrogen) atoms. The number of carbonyl (C=O) groups is 1. The van der Waals surface area contributed by atoms with Crippen LogP contribution in [0, 0.1) is 0 Å². The fourth-order valence-corrected chi connectivity index (χ4v) is 8.09. The minimum absolute atomic E-state index is 0.0641. The van der Waals surface area contributed by atoms with Crippen LogP contribution in [0.5, 0.6) is 0 Å². The molecule has 0 saturated heterocycles. The van der Waals surface area contributed by atoms with Crippen molar-refractivity contribution in [2.24, 2.45) is 0 Å². The maximum Gasteiger partial charge on any atom is 0.220 e.